The Balaban J connectivity index is 2.38. The first-order valence-electron chi connectivity index (χ1n) is 3.58. The summed E-state index contributed by atoms with van der Waals surface area (Å²) < 4.78 is 0.901. The minimum Gasteiger partial charge on any atom is -0.302 e. The van der Waals surface area contributed by atoms with E-state index in [0.29, 0.717) is 0 Å². The molecule has 0 bridgehead atoms. The van der Waals surface area contributed by atoms with Crippen molar-refractivity contribution in [1.29, 1.82) is 0 Å². The summed E-state index contributed by atoms with van der Waals surface area (Å²) in [6.45, 7) is 3.56. The lowest BCUT2D eigenvalue weighted by Crippen LogP contribution is -2.23. The fraction of sp³-hybridized carbons (Fsp3) is 1.00. The van der Waals surface area contributed by atoms with Gasteiger partial charge < -0.3 is 4.90 Å². The molecule has 0 amide bonds. The third kappa shape index (κ3) is 1.80. The zero-order valence-corrected chi connectivity index (χ0v) is 8.26. The van der Waals surface area contributed by atoms with Crippen LogP contribution in [-0.2, 0) is 0 Å². The van der Waals surface area contributed by atoms with Crippen LogP contribution in [0.3, 0.4) is 0 Å². The molecule has 2 atom stereocenters. The smallest absolute Gasteiger partial charge is 0.0252 e. The number of likely N-dealkylation sites (tertiary alicyclic amines) is 1. The van der Waals surface area contributed by atoms with Crippen LogP contribution in [0.5, 0.6) is 0 Å². The highest BCUT2D eigenvalue weighted by Crippen LogP contribution is 2.23. The molecule has 54 valence electrons. The molecule has 1 aliphatic heterocycles. The van der Waals surface area contributed by atoms with E-state index in [1.807, 2.05) is 0 Å². The molecule has 1 fully saturated rings. The van der Waals surface area contributed by atoms with Crippen molar-refractivity contribution in [2.45, 2.75) is 29.7 Å². The Hall–Kier alpha value is 0.690. The molecule has 1 saturated heterocycles. The molecule has 9 heavy (non-hydrogen) atoms. The summed E-state index contributed by atoms with van der Waals surface area (Å²) in [6.07, 6.45) is 2.71. The Bertz CT molecular complexity index is 94.9. The highest BCUT2D eigenvalue weighted by Gasteiger charge is 2.25. The van der Waals surface area contributed by atoms with Crippen molar-refractivity contribution in [1.82, 2.24) is 4.90 Å². The first-order valence-corrected chi connectivity index (χ1v) is 4.83. The zero-order valence-electron chi connectivity index (χ0n) is 6.10. The van der Waals surface area contributed by atoms with Crippen LogP contribution in [0.25, 0.3) is 0 Å². The second-order valence-electron chi connectivity index (χ2n) is 2.83. The first kappa shape index (κ1) is 7.79. The number of nitrogens with zero attached hydrogens (tertiary/aromatic N) is 1. The fourth-order valence-corrected chi connectivity index (χ4v) is 2.70. The van der Waals surface area contributed by atoms with Crippen molar-refractivity contribution in [3.63, 3.8) is 0 Å². The number of rotatable bonds is 1. The normalized spacial score (nSPS) is 37.7. The van der Waals surface area contributed by atoms with Crippen LogP contribution < -0.4 is 0 Å². The molecule has 1 heterocycles. The van der Waals surface area contributed by atoms with E-state index in [9.17, 15) is 0 Å². The van der Waals surface area contributed by atoms with Gasteiger partial charge in [0, 0.05) is 16.5 Å². The molecule has 0 aliphatic carbocycles. The van der Waals surface area contributed by atoms with E-state index in [1.54, 1.807) is 0 Å². The number of alkyl halides is 1. The summed E-state index contributed by atoms with van der Waals surface area (Å²) >= 11 is 2.54. The Morgan fingerprint density at radius 3 is 2.56 bits per heavy atom. The summed E-state index contributed by atoms with van der Waals surface area (Å²) in [5.74, 6) is 0. The minimum absolute atomic E-state index is 0.867. The Kier molecular flexibility index (Phi) is 2.76. The maximum absolute atomic E-state index is 2.54. The van der Waals surface area contributed by atoms with Crippen molar-refractivity contribution in [3.05, 3.63) is 0 Å². The van der Waals surface area contributed by atoms with Gasteiger partial charge in [0.1, 0.15) is 0 Å². The van der Waals surface area contributed by atoms with Gasteiger partial charge in [0.2, 0.25) is 0 Å². The second kappa shape index (κ2) is 3.19. The summed E-state index contributed by atoms with van der Waals surface area (Å²) in [7, 11) is 2.23. The lowest BCUT2D eigenvalue weighted by atomic mass is 10.2. The van der Waals surface area contributed by atoms with Crippen LogP contribution in [0.2, 0.25) is 0 Å². The monoisotopic (exact) mass is 239 g/mol. The molecule has 1 rings (SSSR count). The van der Waals surface area contributed by atoms with Crippen LogP contribution in [0.1, 0.15) is 19.8 Å². The SMILES string of the molecule is CCC1CC(I)CN1C. The molecule has 0 spiro atoms. The van der Waals surface area contributed by atoms with Crippen LogP contribution >= 0.6 is 22.6 Å². The lowest BCUT2D eigenvalue weighted by molar-refractivity contribution is 0.304. The van der Waals surface area contributed by atoms with Gasteiger partial charge in [-0.05, 0) is 19.9 Å². The van der Waals surface area contributed by atoms with Gasteiger partial charge >= 0.3 is 0 Å². The Labute approximate surface area is 70.9 Å². The maximum Gasteiger partial charge on any atom is 0.0252 e. The van der Waals surface area contributed by atoms with Crippen molar-refractivity contribution in [2.75, 3.05) is 13.6 Å². The summed E-state index contributed by atoms with van der Waals surface area (Å²) in [6, 6.07) is 0.867. The van der Waals surface area contributed by atoms with Crippen LogP contribution in [0.15, 0.2) is 0 Å². The third-order valence-electron chi connectivity index (χ3n) is 2.11. The van der Waals surface area contributed by atoms with E-state index in [0.717, 1.165) is 9.97 Å². The molecule has 0 N–H and O–H groups in total. The molecule has 2 heteroatoms. The van der Waals surface area contributed by atoms with E-state index in [1.165, 1.54) is 19.4 Å². The van der Waals surface area contributed by atoms with Crippen molar-refractivity contribution < 1.29 is 0 Å². The molecule has 0 radical (unpaired) electrons. The lowest BCUT2D eigenvalue weighted by Gasteiger charge is -2.15. The van der Waals surface area contributed by atoms with Gasteiger partial charge in [-0.3, -0.25) is 0 Å². The van der Waals surface area contributed by atoms with Gasteiger partial charge in [-0.25, -0.2) is 0 Å². The Morgan fingerprint density at radius 2 is 2.33 bits per heavy atom. The molecule has 0 aromatic carbocycles. The van der Waals surface area contributed by atoms with Crippen molar-refractivity contribution in [2.24, 2.45) is 0 Å². The molecule has 1 aliphatic rings. The van der Waals surface area contributed by atoms with Gasteiger partial charge in [-0.2, -0.15) is 0 Å². The third-order valence-corrected chi connectivity index (χ3v) is 3.01. The van der Waals surface area contributed by atoms with E-state index >= 15 is 0 Å². The van der Waals surface area contributed by atoms with Crippen LogP contribution in [0.4, 0.5) is 0 Å². The van der Waals surface area contributed by atoms with Gasteiger partial charge in [-0.1, -0.05) is 29.5 Å². The largest absolute Gasteiger partial charge is 0.302 e. The number of hydrogen-bond donors (Lipinski definition) is 0. The average molecular weight is 239 g/mol. The predicted molar refractivity (Wildman–Crippen MR) is 49.1 cm³/mol. The first-order chi connectivity index (χ1) is 4.24. The van der Waals surface area contributed by atoms with Gasteiger partial charge in [0.15, 0.2) is 0 Å². The van der Waals surface area contributed by atoms with Gasteiger partial charge in [0.25, 0.3) is 0 Å². The van der Waals surface area contributed by atoms with Gasteiger partial charge in [0.05, 0.1) is 0 Å². The van der Waals surface area contributed by atoms with Crippen molar-refractivity contribution >= 4 is 22.6 Å². The number of hydrogen-bond acceptors (Lipinski definition) is 1. The van der Waals surface area contributed by atoms with E-state index in [-0.39, 0.29) is 0 Å². The van der Waals surface area contributed by atoms with E-state index < -0.39 is 0 Å². The standard InChI is InChI=1S/C7H14IN/c1-3-7-4-6(8)5-9(7)2/h6-7H,3-5H2,1-2H3. The van der Waals surface area contributed by atoms with Gasteiger partial charge in [-0.15, -0.1) is 0 Å². The molecule has 1 nitrogen and oxygen atoms in total. The average Bonchev–Trinajstić information content (AvgIpc) is 2.10. The highest BCUT2D eigenvalue weighted by molar-refractivity contribution is 14.1. The van der Waals surface area contributed by atoms with E-state index in [2.05, 4.69) is 41.5 Å². The molecule has 0 aromatic heterocycles. The quantitative estimate of drug-likeness (QED) is 0.499. The summed E-state index contributed by atoms with van der Waals surface area (Å²) in [5.41, 5.74) is 0. The summed E-state index contributed by atoms with van der Waals surface area (Å²) in [4.78, 5) is 2.47. The maximum atomic E-state index is 2.54. The second-order valence-corrected chi connectivity index (χ2v) is 4.60. The molecular weight excluding hydrogens is 225 g/mol. The summed E-state index contributed by atoms with van der Waals surface area (Å²) in [5, 5.41) is 0. The topological polar surface area (TPSA) is 3.24 Å². The van der Waals surface area contributed by atoms with Crippen LogP contribution in [0, 0.1) is 0 Å². The Morgan fingerprint density at radius 1 is 1.67 bits per heavy atom. The highest BCUT2D eigenvalue weighted by atomic mass is 127. The minimum atomic E-state index is 0.867. The van der Waals surface area contributed by atoms with Crippen molar-refractivity contribution in [3.8, 4) is 0 Å². The van der Waals surface area contributed by atoms with E-state index in [4.69, 9.17) is 0 Å². The fourth-order valence-electron chi connectivity index (χ4n) is 1.49. The molecule has 2 unspecified atom stereocenters. The van der Waals surface area contributed by atoms with Crippen LogP contribution in [-0.4, -0.2) is 28.5 Å². The molecule has 0 aromatic rings. The number of halogens is 1. The zero-order chi connectivity index (χ0) is 6.85. The predicted octanol–water partition coefficient (Wildman–Crippen LogP) is 1.90. The molecular formula is C7H14IN. The molecule has 0 saturated carbocycles.